The van der Waals surface area contributed by atoms with Crippen LogP contribution in [0.15, 0.2) is 58.5 Å². The largest absolute Gasteiger partial charge is 0.349 e. The maximum absolute atomic E-state index is 14.1. The van der Waals surface area contributed by atoms with Gasteiger partial charge in [-0.3, -0.25) is 4.79 Å². The Labute approximate surface area is 179 Å². The lowest BCUT2D eigenvalue weighted by molar-refractivity contribution is 0.0892. The first kappa shape index (κ1) is 20.8. The van der Waals surface area contributed by atoms with Crippen LogP contribution >= 0.6 is 11.8 Å². The molecule has 4 rings (SSSR count). The molecule has 3 atom stereocenters. The third kappa shape index (κ3) is 4.33. The van der Waals surface area contributed by atoms with Crippen molar-refractivity contribution in [3.8, 4) is 0 Å². The van der Waals surface area contributed by atoms with E-state index in [1.54, 1.807) is 6.07 Å². The molecule has 1 saturated carbocycles. The highest BCUT2D eigenvalue weighted by Gasteiger charge is 2.29. The number of para-hydroxylation sites is 1. The number of carbonyl (C=O) groups is 1. The lowest BCUT2D eigenvalue weighted by atomic mass is 9.78. The summed E-state index contributed by atoms with van der Waals surface area (Å²) < 4.78 is 27.4. The molecule has 6 heteroatoms. The molecule has 0 aliphatic heterocycles. The van der Waals surface area contributed by atoms with Gasteiger partial charge in [-0.15, -0.1) is 0 Å². The highest BCUT2D eigenvalue weighted by atomic mass is 32.2. The number of pyridine rings is 1. The Hall–Kier alpha value is -2.47. The molecular formula is C24H24F2N2OS. The molecular weight excluding hydrogens is 402 g/mol. The van der Waals surface area contributed by atoms with Gasteiger partial charge in [0.1, 0.15) is 16.7 Å². The molecule has 3 nitrogen and oxygen atoms in total. The first-order valence-corrected chi connectivity index (χ1v) is 11.1. The smallest absolute Gasteiger partial charge is 0.252 e. The number of benzene rings is 2. The normalized spacial score (nSPS) is 21.5. The predicted molar refractivity (Wildman–Crippen MR) is 116 cm³/mol. The van der Waals surface area contributed by atoms with Crippen molar-refractivity contribution < 1.29 is 13.6 Å². The van der Waals surface area contributed by atoms with E-state index in [9.17, 15) is 13.6 Å². The van der Waals surface area contributed by atoms with Crippen LogP contribution in [0.2, 0.25) is 0 Å². The van der Waals surface area contributed by atoms with Crippen LogP contribution in [0.5, 0.6) is 0 Å². The van der Waals surface area contributed by atoms with Crippen LogP contribution < -0.4 is 5.32 Å². The Morgan fingerprint density at radius 3 is 2.70 bits per heavy atom. The maximum Gasteiger partial charge on any atom is 0.252 e. The number of rotatable bonds is 4. The summed E-state index contributed by atoms with van der Waals surface area (Å²) in [5.74, 6) is -0.421. The van der Waals surface area contributed by atoms with Gasteiger partial charge in [0, 0.05) is 22.4 Å². The molecule has 1 aliphatic carbocycles. The molecule has 1 fully saturated rings. The molecule has 1 N–H and O–H groups in total. The van der Waals surface area contributed by atoms with Crippen LogP contribution in [0, 0.1) is 23.5 Å². The van der Waals surface area contributed by atoms with Crippen LogP contribution in [0.4, 0.5) is 8.78 Å². The van der Waals surface area contributed by atoms with Crippen LogP contribution in [-0.2, 0) is 0 Å². The second-order valence-electron chi connectivity index (χ2n) is 8.05. The number of nitrogens with zero attached hydrogens (tertiary/aromatic N) is 1. The van der Waals surface area contributed by atoms with Crippen molar-refractivity contribution in [3.63, 3.8) is 0 Å². The van der Waals surface area contributed by atoms with Crippen LogP contribution in [0.1, 0.15) is 43.5 Å². The summed E-state index contributed by atoms with van der Waals surface area (Å²) in [6.07, 6.45) is 3.27. The number of hydrogen-bond acceptors (Lipinski definition) is 3. The monoisotopic (exact) mass is 426 g/mol. The van der Waals surface area contributed by atoms with E-state index >= 15 is 0 Å². The van der Waals surface area contributed by atoms with Gasteiger partial charge in [-0.25, -0.2) is 13.8 Å². The van der Waals surface area contributed by atoms with E-state index in [0.717, 1.165) is 36.1 Å². The average Bonchev–Trinajstić information content (AvgIpc) is 2.73. The van der Waals surface area contributed by atoms with E-state index in [-0.39, 0.29) is 16.8 Å². The van der Waals surface area contributed by atoms with Gasteiger partial charge in [-0.2, -0.15) is 0 Å². The molecule has 156 valence electrons. The zero-order chi connectivity index (χ0) is 21.3. The number of nitrogens with one attached hydrogen (secondary N) is 1. The SMILES string of the molecule is C[C@H]1[C@H](C)CCC[C@@H]1NC(=O)c1cc(Sc2ccc(F)cc2F)nc2ccccc12. The number of halogens is 2. The topological polar surface area (TPSA) is 42.0 Å². The maximum atomic E-state index is 14.1. The minimum absolute atomic E-state index is 0.138. The predicted octanol–water partition coefficient (Wildman–Crippen LogP) is 6.22. The molecule has 1 aliphatic rings. The molecule has 2 aromatic carbocycles. The third-order valence-corrected chi connectivity index (χ3v) is 7.04. The van der Waals surface area contributed by atoms with Crippen molar-refractivity contribution in [1.29, 1.82) is 0 Å². The summed E-state index contributed by atoms with van der Waals surface area (Å²) >= 11 is 1.08. The molecule has 0 spiro atoms. The fourth-order valence-corrected chi connectivity index (χ4v) is 4.93. The number of carbonyl (C=O) groups excluding carboxylic acids is 1. The minimum atomic E-state index is -0.647. The van der Waals surface area contributed by atoms with Crippen molar-refractivity contribution >= 4 is 28.6 Å². The fourth-order valence-electron chi connectivity index (χ4n) is 4.09. The number of amides is 1. The van der Waals surface area contributed by atoms with Gasteiger partial charge < -0.3 is 5.32 Å². The Kier molecular flexibility index (Phi) is 6.04. The van der Waals surface area contributed by atoms with Gasteiger partial charge >= 0.3 is 0 Å². The number of fused-ring (bicyclic) bond motifs is 1. The lowest BCUT2D eigenvalue weighted by Crippen LogP contribution is -2.43. The molecule has 0 bridgehead atoms. The Morgan fingerprint density at radius 2 is 1.90 bits per heavy atom. The van der Waals surface area contributed by atoms with Crippen molar-refractivity contribution in [3.05, 3.63) is 65.7 Å². The first-order chi connectivity index (χ1) is 14.4. The molecule has 1 heterocycles. The lowest BCUT2D eigenvalue weighted by Gasteiger charge is -2.34. The quantitative estimate of drug-likeness (QED) is 0.539. The molecule has 1 amide bonds. The molecule has 0 unspecified atom stereocenters. The fraction of sp³-hybridized carbons (Fsp3) is 0.333. The molecule has 30 heavy (non-hydrogen) atoms. The summed E-state index contributed by atoms with van der Waals surface area (Å²) in [6, 6.07) is 12.7. The zero-order valence-corrected chi connectivity index (χ0v) is 17.8. The van der Waals surface area contributed by atoms with Crippen LogP contribution in [0.25, 0.3) is 10.9 Å². The second kappa shape index (κ2) is 8.72. The molecule has 1 aromatic heterocycles. The highest BCUT2D eigenvalue weighted by molar-refractivity contribution is 7.99. The Morgan fingerprint density at radius 1 is 1.10 bits per heavy atom. The van der Waals surface area contributed by atoms with Gasteiger partial charge in [0.2, 0.25) is 0 Å². The van der Waals surface area contributed by atoms with E-state index in [1.165, 1.54) is 18.6 Å². The summed E-state index contributed by atoms with van der Waals surface area (Å²) in [6.45, 7) is 4.43. The van der Waals surface area contributed by atoms with Crippen LogP contribution in [-0.4, -0.2) is 16.9 Å². The number of aromatic nitrogens is 1. The second-order valence-corrected chi connectivity index (χ2v) is 9.11. The van der Waals surface area contributed by atoms with Crippen molar-refractivity contribution in [1.82, 2.24) is 10.3 Å². The Balaban J connectivity index is 1.67. The van der Waals surface area contributed by atoms with E-state index in [4.69, 9.17) is 0 Å². The summed E-state index contributed by atoms with van der Waals surface area (Å²) in [5, 5.41) is 4.47. The van der Waals surface area contributed by atoms with Gasteiger partial charge in [-0.1, -0.05) is 56.7 Å². The minimum Gasteiger partial charge on any atom is -0.349 e. The first-order valence-electron chi connectivity index (χ1n) is 10.3. The van der Waals surface area contributed by atoms with Gasteiger partial charge in [0.05, 0.1) is 11.1 Å². The van der Waals surface area contributed by atoms with Gasteiger partial charge in [-0.05, 0) is 42.5 Å². The Bertz CT molecular complexity index is 1090. The van der Waals surface area contributed by atoms with E-state index in [2.05, 4.69) is 24.1 Å². The third-order valence-electron chi connectivity index (χ3n) is 6.07. The van der Waals surface area contributed by atoms with Crippen LogP contribution in [0.3, 0.4) is 0 Å². The summed E-state index contributed by atoms with van der Waals surface area (Å²) in [5.41, 5.74) is 1.19. The average molecular weight is 427 g/mol. The zero-order valence-electron chi connectivity index (χ0n) is 17.0. The molecule has 3 aromatic rings. The van der Waals surface area contributed by atoms with E-state index in [0.29, 0.717) is 27.9 Å². The van der Waals surface area contributed by atoms with Crippen molar-refractivity contribution in [2.45, 2.75) is 49.1 Å². The van der Waals surface area contributed by atoms with E-state index < -0.39 is 11.6 Å². The molecule has 0 saturated heterocycles. The number of hydrogen-bond donors (Lipinski definition) is 1. The van der Waals surface area contributed by atoms with Gasteiger partial charge in [0.15, 0.2) is 0 Å². The van der Waals surface area contributed by atoms with Crippen molar-refractivity contribution in [2.24, 2.45) is 11.8 Å². The highest BCUT2D eigenvalue weighted by Crippen LogP contribution is 2.33. The standard InChI is InChI=1S/C24H24F2N2OS/c1-14-6-5-9-20(15(14)2)28-24(29)18-13-23(27-21-8-4-3-7-17(18)21)30-22-11-10-16(25)12-19(22)26/h3-4,7-8,10-15,20H,5-6,9H2,1-2H3,(H,28,29)/t14-,15+,20+/m1/s1. The van der Waals surface area contributed by atoms with Gasteiger partial charge in [0.25, 0.3) is 5.91 Å². The van der Waals surface area contributed by atoms with Crippen molar-refractivity contribution in [2.75, 3.05) is 0 Å². The molecule has 0 radical (unpaired) electrons. The summed E-state index contributed by atoms with van der Waals surface area (Å²) in [7, 11) is 0. The van der Waals surface area contributed by atoms with E-state index in [1.807, 2.05) is 24.3 Å². The summed E-state index contributed by atoms with van der Waals surface area (Å²) in [4.78, 5) is 18.1.